The molecule has 120 valence electrons. The summed E-state index contributed by atoms with van der Waals surface area (Å²) in [6.45, 7) is 2.93. The summed E-state index contributed by atoms with van der Waals surface area (Å²) < 4.78 is 5.69. The summed E-state index contributed by atoms with van der Waals surface area (Å²) in [6.07, 6.45) is 5.53. The highest BCUT2D eigenvalue weighted by Gasteiger charge is 2.25. The van der Waals surface area contributed by atoms with Gasteiger partial charge in [-0.3, -0.25) is 4.79 Å². The van der Waals surface area contributed by atoms with Gasteiger partial charge >= 0.3 is 0 Å². The first-order chi connectivity index (χ1) is 11.3. The minimum absolute atomic E-state index is 0.264. The van der Waals surface area contributed by atoms with Gasteiger partial charge in [0.2, 0.25) is 0 Å². The Morgan fingerprint density at radius 1 is 1.00 bits per heavy atom. The van der Waals surface area contributed by atoms with Crippen molar-refractivity contribution in [2.75, 3.05) is 6.61 Å². The maximum atomic E-state index is 12.2. The predicted octanol–water partition coefficient (Wildman–Crippen LogP) is 5.52. The first kappa shape index (κ1) is 15.8. The lowest BCUT2D eigenvalue weighted by molar-refractivity contribution is 0.0855. The van der Waals surface area contributed by atoms with Gasteiger partial charge in [-0.25, -0.2) is 0 Å². The molecule has 0 atom stereocenters. The third kappa shape index (κ3) is 3.82. The van der Waals surface area contributed by atoms with E-state index in [1.165, 1.54) is 6.42 Å². The largest absolute Gasteiger partial charge is 0.494 e. The van der Waals surface area contributed by atoms with Crippen molar-refractivity contribution in [2.45, 2.75) is 39.0 Å². The second-order valence-electron chi connectivity index (χ2n) is 6.30. The molecule has 3 rings (SSSR count). The third-order valence-corrected chi connectivity index (χ3v) is 4.60. The summed E-state index contributed by atoms with van der Waals surface area (Å²) in [6, 6.07) is 16.2. The predicted molar refractivity (Wildman–Crippen MR) is 94.0 cm³/mol. The number of ether oxygens (including phenoxy) is 1. The molecule has 2 nitrogen and oxygen atoms in total. The van der Waals surface area contributed by atoms with Crippen LogP contribution in [-0.2, 0) is 0 Å². The Morgan fingerprint density at radius 2 is 1.61 bits per heavy atom. The average Bonchev–Trinajstić information content (AvgIpc) is 2.54. The molecule has 2 aromatic rings. The second kappa shape index (κ2) is 7.45. The number of carbonyl (C=O) groups excluding carboxylic acids is 1. The standard InChI is InChI=1S/C21H24O2/c1-2-3-15-23-20-13-11-17(12-14-20)16-7-9-19(10-8-16)21(22)18-5-4-6-18/h7-14,18H,2-6,15H2,1H3. The quantitative estimate of drug-likeness (QED) is 0.497. The van der Waals surface area contributed by atoms with Crippen molar-refractivity contribution < 1.29 is 9.53 Å². The van der Waals surface area contributed by atoms with Crippen LogP contribution in [0.1, 0.15) is 49.4 Å². The van der Waals surface area contributed by atoms with E-state index in [4.69, 9.17) is 4.74 Å². The van der Waals surface area contributed by atoms with E-state index in [0.717, 1.165) is 54.7 Å². The molecule has 1 aliphatic rings. The Hall–Kier alpha value is -2.09. The molecule has 1 saturated carbocycles. The number of benzene rings is 2. The minimum Gasteiger partial charge on any atom is -0.494 e. The van der Waals surface area contributed by atoms with Gasteiger partial charge in [-0.1, -0.05) is 56.2 Å². The Kier molecular flexibility index (Phi) is 5.12. The fourth-order valence-electron chi connectivity index (χ4n) is 2.81. The van der Waals surface area contributed by atoms with Crippen molar-refractivity contribution in [3.63, 3.8) is 0 Å². The number of hydrogen-bond acceptors (Lipinski definition) is 2. The normalized spacial score (nSPS) is 14.3. The number of unbranched alkanes of at least 4 members (excludes halogenated alkanes) is 1. The van der Waals surface area contributed by atoms with E-state index in [0.29, 0.717) is 5.78 Å². The van der Waals surface area contributed by atoms with Crippen molar-refractivity contribution in [3.05, 3.63) is 54.1 Å². The van der Waals surface area contributed by atoms with Crippen LogP contribution >= 0.6 is 0 Å². The molecule has 2 heteroatoms. The lowest BCUT2D eigenvalue weighted by Gasteiger charge is -2.23. The lowest BCUT2D eigenvalue weighted by Crippen LogP contribution is -2.21. The summed E-state index contributed by atoms with van der Waals surface area (Å²) in [7, 11) is 0. The molecule has 23 heavy (non-hydrogen) atoms. The Morgan fingerprint density at radius 3 is 2.13 bits per heavy atom. The number of ketones is 1. The molecule has 0 bridgehead atoms. The van der Waals surface area contributed by atoms with Crippen LogP contribution in [-0.4, -0.2) is 12.4 Å². The van der Waals surface area contributed by atoms with Crippen LogP contribution < -0.4 is 4.74 Å². The first-order valence-corrected chi connectivity index (χ1v) is 8.65. The number of rotatable bonds is 7. The zero-order chi connectivity index (χ0) is 16.1. The van der Waals surface area contributed by atoms with Gasteiger partial charge in [0.15, 0.2) is 5.78 Å². The molecule has 0 N–H and O–H groups in total. The number of carbonyl (C=O) groups is 1. The molecule has 0 saturated heterocycles. The van der Waals surface area contributed by atoms with Crippen LogP contribution in [0.4, 0.5) is 0 Å². The molecule has 0 amide bonds. The van der Waals surface area contributed by atoms with Gasteiger partial charge < -0.3 is 4.74 Å². The maximum absolute atomic E-state index is 12.2. The van der Waals surface area contributed by atoms with Crippen LogP contribution in [0, 0.1) is 5.92 Å². The SMILES string of the molecule is CCCCOc1ccc(-c2ccc(C(=O)C3CCC3)cc2)cc1. The molecular formula is C21H24O2. The summed E-state index contributed by atoms with van der Waals surface area (Å²) in [5, 5.41) is 0. The topological polar surface area (TPSA) is 26.3 Å². The lowest BCUT2D eigenvalue weighted by atomic mass is 9.80. The Labute approximate surface area is 138 Å². The minimum atomic E-state index is 0.264. The van der Waals surface area contributed by atoms with Crippen LogP contribution in [0.5, 0.6) is 5.75 Å². The van der Waals surface area contributed by atoms with Crippen molar-refractivity contribution in [3.8, 4) is 16.9 Å². The van der Waals surface area contributed by atoms with E-state index < -0.39 is 0 Å². The average molecular weight is 308 g/mol. The van der Waals surface area contributed by atoms with E-state index >= 15 is 0 Å². The van der Waals surface area contributed by atoms with Gasteiger partial charge in [-0.2, -0.15) is 0 Å². The maximum Gasteiger partial charge on any atom is 0.165 e. The molecular weight excluding hydrogens is 284 g/mol. The van der Waals surface area contributed by atoms with Gasteiger partial charge in [0, 0.05) is 11.5 Å². The van der Waals surface area contributed by atoms with Gasteiger partial charge in [-0.15, -0.1) is 0 Å². The highest BCUT2D eigenvalue weighted by Crippen LogP contribution is 2.30. The molecule has 2 aromatic carbocycles. The Bertz CT molecular complexity index is 637. The van der Waals surface area contributed by atoms with E-state index in [-0.39, 0.29) is 5.92 Å². The van der Waals surface area contributed by atoms with Crippen LogP contribution in [0.2, 0.25) is 0 Å². The highest BCUT2D eigenvalue weighted by molar-refractivity contribution is 5.98. The number of hydrogen-bond donors (Lipinski definition) is 0. The van der Waals surface area contributed by atoms with E-state index in [1.807, 2.05) is 36.4 Å². The van der Waals surface area contributed by atoms with Gasteiger partial charge in [0.25, 0.3) is 0 Å². The van der Waals surface area contributed by atoms with Crippen molar-refractivity contribution in [1.82, 2.24) is 0 Å². The van der Waals surface area contributed by atoms with Crippen molar-refractivity contribution >= 4 is 5.78 Å². The zero-order valence-electron chi connectivity index (χ0n) is 13.8. The van der Waals surface area contributed by atoms with Crippen LogP contribution in [0.25, 0.3) is 11.1 Å². The van der Waals surface area contributed by atoms with Crippen LogP contribution in [0.15, 0.2) is 48.5 Å². The highest BCUT2D eigenvalue weighted by atomic mass is 16.5. The molecule has 0 aliphatic heterocycles. The second-order valence-corrected chi connectivity index (χ2v) is 6.30. The van der Waals surface area contributed by atoms with Crippen molar-refractivity contribution in [1.29, 1.82) is 0 Å². The molecule has 1 aliphatic carbocycles. The zero-order valence-corrected chi connectivity index (χ0v) is 13.8. The van der Waals surface area contributed by atoms with Gasteiger partial charge in [0.1, 0.15) is 5.75 Å². The molecule has 0 heterocycles. The molecule has 0 unspecified atom stereocenters. The van der Waals surface area contributed by atoms with E-state index in [1.54, 1.807) is 0 Å². The van der Waals surface area contributed by atoms with Gasteiger partial charge in [0.05, 0.1) is 6.61 Å². The third-order valence-electron chi connectivity index (χ3n) is 4.60. The summed E-state index contributed by atoms with van der Waals surface area (Å²) in [5.41, 5.74) is 3.13. The van der Waals surface area contributed by atoms with E-state index in [9.17, 15) is 4.79 Å². The smallest absolute Gasteiger partial charge is 0.165 e. The van der Waals surface area contributed by atoms with E-state index in [2.05, 4.69) is 19.1 Å². The van der Waals surface area contributed by atoms with Crippen molar-refractivity contribution in [2.24, 2.45) is 5.92 Å². The van der Waals surface area contributed by atoms with Crippen LogP contribution in [0.3, 0.4) is 0 Å². The summed E-state index contributed by atoms with van der Waals surface area (Å²) in [4.78, 5) is 12.2. The van der Waals surface area contributed by atoms with Gasteiger partial charge in [-0.05, 0) is 42.5 Å². The summed E-state index contributed by atoms with van der Waals surface area (Å²) >= 11 is 0. The number of Topliss-reactive ketones (excluding diaryl/α,β-unsaturated/α-hetero) is 1. The fourth-order valence-corrected chi connectivity index (χ4v) is 2.81. The fraction of sp³-hybridized carbons (Fsp3) is 0.381. The molecule has 1 fully saturated rings. The monoisotopic (exact) mass is 308 g/mol. The first-order valence-electron chi connectivity index (χ1n) is 8.65. The summed E-state index contributed by atoms with van der Waals surface area (Å²) in [5.74, 6) is 1.49. The molecule has 0 spiro atoms. The molecule has 0 radical (unpaired) electrons. The molecule has 0 aromatic heterocycles. The Balaban J connectivity index is 1.65.